The highest BCUT2D eigenvalue weighted by Crippen LogP contribution is 2.31. The van der Waals surface area contributed by atoms with E-state index in [2.05, 4.69) is 5.32 Å². The molecule has 0 saturated heterocycles. The van der Waals surface area contributed by atoms with E-state index in [9.17, 15) is 13.2 Å². The first-order chi connectivity index (χ1) is 13.3. The maximum absolute atomic E-state index is 13.2. The van der Waals surface area contributed by atoms with Gasteiger partial charge in [0.15, 0.2) is 0 Å². The van der Waals surface area contributed by atoms with Gasteiger partial charge in [-0.05, 0) is 37.3 Å². The van der Waals surface area contributed by atoms with Crippen molar-refractivity contribution < 1.29 is 22.7 Å². The second-order valence-corrected chi connectivity index (χ2v) is 8.34. The van der Waals surface area contributed by atoms with E-state index in [1.807, 2.05) is 0 Å². The Bertz CT molecular complexity index is 906. The number of halogens is 1. The van der Waals surface area contributed by atoms with E-state index >= 15 is 0 Å². The molecule has 0 unspecified atom stereocenters. The lowest BCUT2D eigenvalue weighted by molar-refractivity contribution is -0.120. The van der Waals surface area contributed by atoms with Crippen molar-refractivity contribution in [2.75, 3.05) is 31.7 Å². The molecular formula is C19H23ClN2O5S. The fourth-order valence-corrected chi connectivity index (χ4v) is 4.27. The largest absolute Gasteiger partial charge is 0.495 e. The van der Waals surface area contributed by atoms with Crippen LogP contribution >= 0.6 is 11.6 Å². The van der Waals surface area contributed by atoms with Gasteiger partial charge in [0.25, 0.3) is 10.0 Å². The third kappa shape index (κ3) is 5.37. The number of ether oxygens (including phenoxy) is 2. The van der Waals surface area contributed by atoms with E-state index in [0.717, 1.165) is 4.31 Å². The number of hydrogen-bond acceptors (Lipinski definition) is 5. The Hall–Kier alpha value is -2.29. The van der Waals surface area contributed by atoms with Crippen molar-refractivity contribution in [3.8, 4) is 5.75 Å². The lowest BCUT2D eigenvalue weighted by atomic mass is 10.3. The van der Waals surface area contributed by atoms with Crippen LogP contribution < -0.4 is 14.4 Å². The molecule has 28 heavy (non-hydrogen) atoms. The predicted octanol–water partition coefficient (Wildman–Crippen LogP) is 2.70. The highest BCUT2D eigenvalue weighted by Gasteiger charge is 2.28. The number of amides is 1. The highest BCUT2D eigenvalue weighted by molar-refractivity contribution is 7.92. The Morgan fingerprint density at radius 1 is 1.18 bits per heavy atom. The minimum Gasteiger partial charge on any atom is -0.495 e. The number of rotatable bonds is 9. The number of hydrogen-bond donors (Lipinski definition) is 1. The van der Waals surface area contributed by atoms with E-state index in [1.165, 1.54) is 38.5 Å². The highest BCUT2D eigenvalue weighted by atomic mass is 35.5. The summed E-state index contributed by atoms with van der Waals surface area (Å²) in [6, 6.07) is 12.2. The van der Waals surface area contributed by atoms with Gasteiger partial charge in [-0.15, -0.1) is 0 Å². The average Bonchev–Trinajstić information content (AvgIpc) is 2.66. The molecule has 0 aliphatic carbocycles. The van der Waals surface area contributed by atoms with Crippen molar-refractivity contribution >= 4 is 33.2 Å². The van der Waals surface area contributed by atoms with Crippen molar-refractivity contribution in [1.82, 2.24) is 5.32 Å². The summed E-state index contributed by atoms with van der Waals surface area (Å²) < 4.78 is 37.5. The summed E-state index contributed by atoms with van der Waals surface area (Å²) in [5, 5.41) is 2.95. The molecule has 2 rings (SSSR count). The van der Waals surface area contributed by atoms with Gasteiger partial charge in [0.05, 0.1) is 29.3 Å². The van der Waals surface area contributed by atoms with E-state index in [1.54, 1.807) is 31.2 Å². The fraction of sp³-hybridized carbons (Fsp3) is 0.316. The van der Waals surface area contributed by atoms with E-state index < -0.39 is 22.5 Å². The van der Waals surface area contributed by atoms with Gasteiger partial charge < -0.3 is 14.8 Å². The van der Waals surface area contributed by atoms with Crippen LogP contribution in [0.3, 0.4) is 0 Å². The average molecular weight is 427 g/mol. The van der Waals surface area contributed by atoms with Gasteiger partial charge in [0, 0.05) is 13.2 Å². The summed E-state index contributed by atoms with van der Waals surface area (Å²) in [4.78, 5) is 12.5. The van der Waals surface area contributed by atoms with Crippen LogP contribution in [-0.2, 0) is 19.6 Å². The fourth-order valence-electron chi connectivity index (χ4n) is 2.59. The molecule has 0 saturated carbocycles. The summed E-state index contributed by atoms with van der Waals surface area (Å²) in [6.07, 6.45) is 0. The Morgan fingerprint density at radius 3 is 2.43 bits per heavy atom. The smallest absolute Gasteiger partial charge is 0.264 e. The molecule has 0 heterocycles. The topological polar surface area (TPSA) is 84.9 Å². The maximum atomic E-state index is 13.2. The number of methoxy groups -OCH3 is 2. The molecule has 2 aromatic rings. The van der Waals surface area contributed by atoms with Gasteiger partial charge in [-0.3, -0.25) is 9.10 Å². The van der Waals surface area contributed by atoms with Crippen LogP contribution in [0.2, 0.25) is 5.02 Å². The third-order valence-electron chi connectivity index (χ3n) is 3.87. The van der Waals surface area contributed by atoms with Gasteiger partial charge in [0.2, 0.25) is 5.91 Å². The summed E-state index contributed by atoms with van der Waals surface area (Å²) in [5.74, 6) is -0.0587. The lowest BCUT2D eigenvalue weighted by Gasteiger charge is -2.25. The normalized spacial score (nSPS) is 12.3. The third-order valence-corrected chi connectivity index (χ3v) is 5.95. The summed E-state index contributed by atoms with van der Waals surface area (Å²) in [7, 11) is -1.01. The van der Waals surface area contributed by atoms with E-state index in [0.29, 0.717) is 12.4 Å². The molecule has 9 heteroatoms. The molecule has 0 aliphatic rings. The SMILES string of the molecule is COC[C@H](C)NC(=O)CN(c1ccc(OC)c(Cl)c1)S(=O)(=O)c1ccccc1. The number of nitrogens with one attached hydrogen (secondary N) is 1. The summed E-state index contributed by atoms with van der Waals surface area (Å²) >= 11 is 6.17. The van der Waals surface area contributed by atoms with Gasteiger partial charge >= 0.3 is 0 Å². The molecule has 0 bridgehead atoms. The Morgan fingerprint density at radius 2 is 1.86 bits per heavy atom. The second kappa shape index (κ2) is 9.77. The van der Waals surface area contributed by atoms with Crippen molar-refractivity contribution in [2.45, 2.75) is 17.9 Å². The monoisotopic (exact) mass is 426 g/mol. The van der Waals surface area contributed by atoms with Crippen LogP contribution in [0.5, 0.6) is 5.75 Å². The van der Waals surface area contributed by atoms with Crippen LogP contribution in [-0.4, -0.2) is 47.7 Å². The minimum atomic E-state index is -3.99. The number of sulfonamides is 1. The second-order valence-electron chi connectivity index (χ2n) is 6.07. The first kappa shape index (κ1) is 22.0. The zero-order valence-electron chi connectivity index (χ0n) is 15.9. The van der Waals surface area contributed by atoms with Gasteiger partial charge in [-0.1, -0.05) is 29.8 Å². The van der Waals surface area contributed by atoms with Crippen LogP contribution in [0.1, 0.15) is 6.92 Å². The van der Waals surface area contributed by atoms with Crippen LogP contribution in [0.4, 0.5) is 5.69 Å². The van der Waals surface area contributed by atoms with Gasteiger partial charge in [-0.25, -0.2) is 8.42 Å². The number of benzene rings is 2. The number of anilines is 1. The molecule has 2 aromatic carbocycles. The Kier molecular flexibility index (Phi) is 7.68. The summed E-state index contributed by atoms with van der Waals surface area (Å²) in [6.45, 7) is 1.67. The Balaban J connectivity index is 2.41. The van der Waals surface area contributed by atoms with Gasteiger partial charge in [-0.2, -0.15) is 0 Å². The van der Waals surface area contributed by atoms with Crippen LogP contribution in [0.25, 0.3) is 0 Å². The molecule has 0 radical (unpaired) electrons. The number of carbonyl (C=O) groups excluding carboxylic acids is 1. The predicted molar refractivity (Wildman–Crippen MR) is 108 cm³/mol. The van der Waals surface area contributed by atoms with Crippen molar-refractivity contribution in [2.24, 2.45) is 0 Å². The molecule has 152 valence electrons. The minimum absolute atomic E-state index is 0.0691. The lowest BCUT2D eigenvalue weighted by Crippen LogP contribution is -2.44. The molecule has 1 atom stereocenters. The first-order valence-corrected chi connectivity index (χ1v) is 10.3. The van der Waals surface area contributed by atoms with Crippen molar-refractivity contribution in [1.29, 1.82) is 0 Å². The number of carbonyl (C=O) groups is 1. The van der Waals surface area contributed by atoms with Crippen LogP contribution in [0, 0.1) is 0 Å². The summed E-state index contributed by atoms with van der Waals surface area (Å²) in [5.41, 5.74) is 0.254. The van der Waals surface area contributed by atoms with E-state index in [4.69, 9.17) is 21.1 Å². The standard InChI is InChI=1S/C19H23ClN2O5S/c1-14(13-26-2)21-19(23)12-22(15-9-10-18(27-3)17(20)11-15)28(24,25)16-7-5-4-6-8-16/h4-11,14H,12-13H2,1-3H3,(H,21,23)/t14-/m0/s1. The maximum Gasteiger partial charge on any atom is 0.264 e. The molecule has 0 aromatic heterocycles. The van der Waals surface area contributed by atoms with Crippen molar-refractivity contribution in [3.63, 3.8) is 0 Å². The molecule has 1 amide bonds. The molecule has 1 N–H and O–H groups in total. The van der Waals surface area contributed by atoms with Crippen molar-refractivity contribution in [3.05, 3.63) is 53.6 Å². The van der Waals surface area contributed by atoms with Crippen LogP contribution in [0.15, 0.2) is 53.4 Å². The quantitative estimate of drug-likeness (QED) is 0.666. The zero-order valence-corrected chi connectivity index (χ0v) is 17.5. The Labute approximate surface area is 170 Å². The van der Waals surface area contributed by atoms with Gasteiger partial charge in [0.1, 0.15) is 12.3 Å². The molecule has 0 aliphatic heterocycles. The molecule has 7 nitrogen and oxygen atoms in total. The molecule has 0 fully saturated rings. The van der Waals surface area contributed by atoms with E-state index in [-0.39, 0.29) is 21.6 Å². The first-order valence-electron chi connectivity index (χ1n) is 8.49. The zero-order chi connectivity index (χ0) is 20.7. The number of nitrogens with zero attached hydrogens (tertiary/aromatic N) is 1. The molecular weight excluding hydrogens is 404 g/mol. The molecule has 0 spiro atoms.